The molecule has 1 fully saturated rings. The van der Waals surface area contributed by atoms with Crippen LogP contribution in [0.2, 0.25) is 5.02 Å². The van der Waals surface area contributed by atoms with Crippen molar-refractivity contribution in [2.45, 2.75) is 44.4 Å². The Kier molecular flexibility index (Phi) is 7.64. The van der Waals surface area contributed by atoms with Crippen molar-refractivity contribution < 1.29 is 32.6 Å². The van der Waals surface area contributed by atoms with Gasteiger partial charge in [-0.1, -0.05) is 49.1 Å². The number of carbonyl (C=O) groups is 2. The van der Waals surface area contributed by atoms with Crippen LogP contribution in [-0.4, -0.2) is 16.9 Å². The van der Waals surface area contributed by atoms with E-state index in [9.17, 15) is 28.0 Å². The number of benzene rings is 2. The second-order valence-corrected chi connectivity index (χ2v) is 9.43. The van der Waals surface area contributed by atoms with E-state index in [1.54, 1.807) is 12.1 Å². The SMILES string of the molecule is O=C(O)c1ccc(CC(=O)[C@@H](CC2CCC2)c2ccc(-c3c(C(F)F)ccc(Cl)c3F)c[n+]2[O-])cc1. The molecule has 1 aromatic heterocycles. The van der Waals surface area contributed by atoms with Crippen LogP contribution in [0.1, 0.15) is 65.2 Å². The van der Waals surface area contributed by atoms with Crippen LogP contribution >= 0.6 is 11.6 Å². The zero-order valence-corrected chi connectivity index (χ0v) is 19.9. The Bertz CT molecular complexity index is 1290. The summed E-state index contributed by atoms with van der Waals surface area (Å²) in [6.07, 6.45) is 1.41. The smallest absolute Gasteiger partial charge is 0.335 e. The number of carbonyl (C=O) groups excluding carboxylic acids is 1. The minimum Gasteiger partial charge on any atom is -0.618 e. The Balaban J connectivity index is 1.66. The van der Waals surface area contributed by atoms with Gasteiger partial charge in [-0.25, -0.2) is 18.0 Å². The molecule has 0 spiro atoms. The lowest BCUT2D eigenvalue weighted by atomic mass is 9.76. The molecule has 0 radical (unpaired) electrons. The fraction of sp³-hybridized carbons (Fsp3) is 0.296. The molecule has 9 heteroatoms. The Labute approximate surface area is 210 Å². The van der Waals surface area contributed by atoms with Crippen molar-refractivity contribution in [1.29, 1.82) is 0 Å². The number of pyridine rings is 1. The Morgan fingerprint density at radius 3 is 2.33 bits per heavy atom. The maximum Gasteiger partial charge on any atom is 0.335 e. The number of hydrogen-bond donors (Lipinski definition) is 1. The molecule has 0 saturated heterocycles. The van der Waals surface area contributed by atoms with Gasteiger partial charge in [0.1, 0.15) is 11.7 Å². The van der Waals surface area contributed by atoms with Crippen LogP contribution in [-0.2, 0) is 11.2 Å². The first kappa shape index (κ1) is 25.7. The van der Waals surface area contributed by atoms with Crippen molar-refractivity contribution in [1.82, 2.24) is 0 Å². The molecule has 3 aromatic rings. The summed E-state index contributed by atoms with van der Waals surface area (Å²) >= 11 is 5.81. The van der Waals surface area contributed by atoms with Gasteiger partial charge < -0.3 is 10.3 Å². The van der Waals surface area contributed by atoms with Crippen molar-refractivity contribution in [2.24, 2.45) is 5.92 Å². The fourth-order valence-corrected chi connectivity index (χ4v) is 4.68. The van der Waals surface area contributed by atoms with Crippen LogP contribution in [0.15, 0.2) is 54.7 Å². The number of rotatable bonds is 9. The predicted molar refractivity (Wildman–Crippen MR) is 128 cm³/mol. The monoisotopic (exact) mass is 517 g/mol. The number of hydrogen-bond acceptors (Lipinski definition) is 3. The third-order valence-corrected chi connectivity index (χ3v) is 7.01. The van der Waals surface area contributed by atoms with Crippen LogP contribution in [0.3, 0.4) is 0 Å². The highest BCUT2D eigenvalue weighted by atomic mass is 35.5. The minimum atomic E-state index is -2.98. The summed E-state index contributed by atoms with van der Waals surface area (Å²) in [5, 5.41) is 21.8. The number of halogens is 4. The topological polar surface area (TPSA) is 81.3 Å². The first-order chi connectivity index (χ1) is 17.2. The molecule has 0 amide bonds. The van der Waals surface area contributed by atoms with Gasteiger partial charge in [-0.15, -0.1) is 0 Å². The number of ketones is 1. The van der Waals surface area contributed by atoms with E-state index >= 15 is 0 Å². The molecule has 1 saturated carbocycles. The largest absolute Gasteiger partial charge is 0.618 e. The van der Waals surface area contributed by atoms with E-state index in [1.165, 1.54) is 24.3 Å². The molecule has 0 aliphatic heterocycles. The van der Waals surface area contributed by atoms with Crippen molar-refractivity contribution >= 4 is 23.4 Å². The first-order valence-electron chi connectivity index (χ1n) is 11.5. The molecule has 36 heavy (non-hydrogen) atoms. The second-order valence-electron chi connectivity index (χ2n) is 9.03. The number of nitrogens with zero attached hydrogens (tertiary/aromatic N) is 1. The van der Waals surface area contributed by atoms with E-state index in [2.05, 4.69) is 0 Å². The van der Waals surface area contributed by atoms with E-state index in [1.807, 2.05) is 0 Å². The summed E-state index contributed by atoms with van der Waals surface area (Å²) < 4.78 is 42.2. The first-order valence-corrected chi connectivity index (χ1v) is 11.9. The summed E-state index contributed by atoms with van der Waals surface area (Å²) in [5.41, 5.74) is -0.241. The van der Waals surface area contributed by atoms with Gasteiger partial charge in [-0.2, -0.15) is 4.73 Å². The molecule has 1 atom stereocenters. The van der Waals surface area contributed by atoms with Gasteiger partial charge in [0.05, 0.1) is 16.1 Å². The average Bonchev–Trinajstić information content (AvgIpc) is 2.80. The van der Waals surface area contributed by atoms with Crippen LogP contribution < -0.4 is 4.73 Å². The number of Topliss-reactive ketones (excluding diaryl/α,β-unsaturated/α-hetero) is 1. The van der Waals surface area contributed by atoms with Crippen LogP contribution in [0.5, 0.6) is 0 Å². The van der Waals surface area contributed by atoms with Gasteiger partial charge >= 0.3 is 5.97 Å². The summed E-state index contributed by atoms with van der Waals surface area (Å²) in [5.74, 6) is -2.81. The Morgan fingerprint density at radius 2 is 1.78 bits per heavy atom. The Morgan fingerprint density at radius 1 is 1.08 bits per heavy atom. The van der Waals surface area contributed by atoms with Gasteiger partial charge in [0.2, 0.25) is 5.69 Å². The van der Waals surface area contributed by atoms with Gasteiger partial charge in [-0.3, -0.25) is 4.79 Å². The molecule has 188 valence electrons. The maximum absolute atomic E-state index is 14.7. The zero-order chi connectivity index (χ0) is 26.0. The van der Waals surface area contributed by atoms with E-state index in [4.69, 9.17) is 16.7 Å². The van der Waals surface area contributed by atoms with Crippen molar-refractivity contribution in [3.8, 4) is 11.1 Å². The van der Waals surface area contributed by atoms with Crippen LogP contribution in [0.25, 0.3) is 11.1 Å². The predicted octanol–water partition coefficient (Wildman–Crippen LogP) is 6.50. The maximum atomic E-state index is 14.7. The molecule has 5 nitrogen and oxygen atoms in total. The molecule has 2 aromatic carbocycles. The van der Waals surface area contributed by atoms with Gasteiger partial charge in [0.15, 0.2) is 12.0 Å². The zero-order valence-electron chi connectivity index (χ0n) is 19.1. The quantitative estimate of drug-likeness (QED) is 0.259. The average molecular weight is 518 g/mol. The third kappa shape index (κ3) is 5.38. The van der Waals surface area contributed by atoms with Crippen molar-refractivity contribution in [2.75, 3.05) is 0 Å². The lowest BCUT2D eigenvalue weighted by molar-refractivity contribution is -0.614. The lowest BCUT2D eigenvalue weighted by Crippen LogP contribution is -2.37. The highest BCUT2D eigenvalue weighted by Crippen LogP contribution is 2.38. The van der Waals surface area contributed by atoms with Gasteiger partial charge in [0, 0.05) is 23.6 Å². The molecule has 1 heterocycles. The van der Waals surface area contributed by atoms with Gasteiger partial charge in [-0.05, 0) is 42.2 Å². The van der Waals surface area contributed by atoms with Crippen LogP contribution in [0, 0.1) is 16.9 Å². The number of aromatic nitrogens is 1. The molecule has 0 unspecified atom stereocenters. The number of carboxylic acids is 1. The number of carboxylic acid groups (broad SMARTS) is 1. The van der Waals surface area contributed by atoms with E-state index in [-0.39, 0.29) is 40.0 Å². The molecular formula is C27H23ClF3NO4. The van der Waals surface area contributed by atoms with E-state index in [0.717, 1.165) is 37.6 Å². The summed E-state index contributed by atoms with van der Waals surface area (Å²) in [6, 6.07) is 10.7. The summed E-state index contributed by atoms with van der Waals surface area (Å²) in [4.78, 5) is 24.4. The second kappa shape index (κ2) is 10.7. The van der Waals surface area contributed by atoms with Gasteiger partial charge in [0.25, 0.3) is 6.43 Å². The van der Waals surface area contributed by atoms with E-state index in [0.29, 0.717) is 16.7 Å². The minimum absolute atomic E-state index is 0.00249. The summed E-state index contributed by atoms with van der Waals surface area (Å²) in [6.45, 7) is 0. The van der Waals surface area contributed by atoms with Crippen LogP contribution in [0.4, 0.5) is 13.2 Å². The lowest BCUT2D eigenvalue weighted by Gasteiger charge is -2.28. The standard InChI is InChI=1S/C27H23ClF3NO4/c28-21-10-9-19(26(30)31)24(25(21)29)18-8-11-22(32(36)14-18)20(12-15-2-1-3-15)23(33)13-16-4-6-17(7-5-16)27(34)35/h4-11,14-15,20,26H,1-3,12-13H2,(H,34,35)/t20-/m0/s1. The van der Waals surface area contributed by atoms with E-state index < -0.39 is 35.3 Å². The fourth-order valence-electron chi connectivity index (χ4n) is 4.52. The van der Waals surface area contributed by atoms with Crippen molar-refractivity contribution in [3.05, 3.63) is 93.2 Å². The third-order valence-electron chi connectivity index (χ3n) is 6.71. The normalized spacial score (nSPS) is 14.5. The highest BCUT2D eigenvalue weighted by Gasteiger charge is 2.33. The number of aromatic carboxylic acids is 1. The van der Waals surface area contributed by atoms with Crippen molar-refractivity contribution in [3.63, 3.8) is 0 Å². The molecule has 1 aliphatic rings. The number of alkyl halides is 2. The molecule has 1 N–H and O–H groups in total. The molecule has 1 aliphatic carbocycles. The summed E-state index contributed by atoms with van der Waals surface area (Å²) in [7, 11) is 0. The molecular weight excluding hydrogens is 495 g/mol. The highest BCUT2D eigenvalue weighted by molar-refractivity contribution is 6.31. The Hall–Kier alpha value is -3.39. The molecule has 0 bridgehead atoms. The molecule has 4 rings (SSSR count).